The lowest BCUT2D eigenvalue weighted by molar-refractivity contribution is -0.0158. The van der Waals surface area contributed by atoms with Crippen LogP contribution in [0.15, 0.2) is 36.2 Å². The first-order valence-electron chi connectivity index (χ1n) is 11.1. The van der Waals surface area contributed by atoms with Crippen LogP contribution in [0.3, 0.4) is 0 Å². The van der Waals surface area contributed by atoms with Gasteiger partial charge in [0.2, 0.25) is 0 Å². The molecule has 3 aliphatic rings. The Morgan fingerprint density at radius 1 is 1.34 bits per heavy atom. The molecule has 0 unspecified atom stereocenters. The van der Waals surface area contributed by atoms with Crippen LogP contribution in [0, 0.1) is 17.3 Å². The molecule has 2 aromatic rings. The Bertz CT molecular complexity index is 946. The van der Waals surface area contributed by atoms with E-state index in [0.717, 1.165) is 37.2 Å². The largest absolute Gasteiger partial charge is 0.494 e. The maximum absolute atomic E-state index is 11.3. The van der Waals surface area contributed by atoms with E-state index in [0.29, 0.717) is 17.8 Å². The summed E-state index contributed by atoms with van der Waals surface area (Å²) in [6.07, 6.45) is 11.4. The average molecular weight is 393 g/mol. The normalized spacial score (nSPS) is 34.6. The molecule has 4 nitrogen and oxygen atoms in total. The molecular weight excluding hydrogens is 360 g/mol. The molecule has 0 saturated heterocycles. The van der Waals surface area contributed by atoms with E-state index in [-0.39, 0.29) is 11.5 Å². The number of nitrogens with zero attached hydrogens (tertiary/aromatic N) is 2. The van der Waals surface area contributed by atoms with Gasteiger partial charge < -0.3 is 9.84 Å². The quantitative estimate of drug-likeness (QED) is 0.821. The highest BCUT2D eigenvalue weighted by molar-refractivity contribution is 5.54. The number of aromatic nitrogens is 2. The van der Waals surface area contributed by atoms with Crippen molar-refractivity contribution in [2.75, 3.05) is 6.61 Å². The SMILES string of the molecule is CCOc1ccc2c(c1)CC[C@@H]1[C@H]3C/C(=C\c4cnn(C)c4)[C@H](O)[C@]3(C)CC[C@@H]21. The fourth-order valence-corrected chi connectivity index (χ4v) is 6.54. The minimum atomic E-state index is -0.338. The summed E-state index contributed by atoms with van der Waals surface area (Å²) in [7, 11) is 1.94. The lowest BCUT2D eigenvalue weighted by Gasteiger charge is -2.49. The Balaban J connectivity index is 1.44. The molecule has 1 N–H and O–H groups in total. The number of aliphatic hydroxyl groups excluding tert-OH is 1. The highest BCUT2D eigenvalue weighted by atomic mass is 16.5. The van der Waals surface area contributed by atoms with Crippen molar-refractivity contribution < 1.29 is 9.84 Å². The third kappa shape index (κ3) is 3.04. The summed E-state index contributed by atoms with van der Waals surface area (Å²) < 4.78 is 7.56. The van der Waals surface area contributed by atoms with Gasteiger partial charge in [-0.1, -0.05) is 19.1 Å². The van der Waals surface area contributed by atoms with Gasteiger partial charge in [-0.05, 0) is 85.6 Å². The second-order valence-corrected chi connectivity index (χ2v) is 9.53. The van der Waals surface area contributed by atoms with E-state index in [2.05, 4.69) is 36.3 Å². The molecule has 4 heteroatoms. The molecule has 154 valence electrons. The van der Waals surface area contributed by atoms with Crippen LogP contribution in [0.4, 0.5) is 0 Å². The molecule has 5 atom stereocenters. The average Bonchev–Trinajstić information content (AvgIpc) is 3.23. The number of benzene rings is 1. The molecule has 2 saturated carbocycles. The summed E-state index contributed by atoms with van der Waals surface area (Å²) in [5, 5.41) is 15.6. The van der Waals surface area contributed by atoms with Crippen molar-refractivity contribution in [3.8, 4) is 5.75 Å². The van der Waals surface area contributed by atoms with Crippen LogP contribution in [0.5, 0.6) is 5.75 Å². The molecule has 29 heavy (non-hydrogen) atoms. The molecule has 1 aromatic carbocycles. The number of rotatable bonds is 3. The van der Waals surface area contributed by atoms with E-state index in [1.807, 2.05) is 31.0 Å². The summed E-state index contributed by atoms with van der Waals surface area (Å²) in [4.78, 5) is 0. The molecule has 5 rings (SSSR count). The first-order chi connectivity index (χ1) is 14.0. The summed E-state index contributed by atoms with van der Waals surface area (Å²) in [5.74, 6) is 2.84. The topological polar surface area (TPSA) is 47.3 Å². The van der Waals surface area contributed by atoms with Crippen LogP contribution in [0.25, 0.3) is 6.08 Å². The summed E-state index contributed by atoms with van der Waals surface area (Å²) in [5.41, 5.74) is 5.30. The van der Waals surface area contributed by atoms with Crippen LogP contribution >= 0.6 is 0 Å². The number of aryl methyl sites for hydroxylation is 2. The summed E-state index contributed by atoms with van der Waals surface area (Å²) in [6, 6.07) is 6.73. The van der Waals surface area contributed by atoms with Crippen LogP contribution in [-0.2, 0) is 13.5 Å². The van der Waals surface area contributed by atoms with Crippen LogP contribution in [0.2, 0.25) is 0 Å². The Hall–Kier alpha value is -2.07. The molecule has 0 radical (unpaired) electrons. The van der Waals surface area contributed by atoms with Crippen molar-refractivity contribution in [1.82, 2.24) is 9.78 Å². The zero-order valence-electron chi connectivity index (χ0n) is 17.8. The maximum atomic E-state index is 11.3. The van der Waals surface area contributed by atoms with Crippen molar-refractivity contribution >= 4 is 6.08 Å². The Kier molecular flexibility index (Phi) is 4.58. The van der Waals surface area contributed by atoms with Crippen LogP contribution in [-0.4, -0.2) is 27.6 Å². The van der Waals surface area contributed by atoms with Gasteiger partial charge in [-0.25, -0.2) is 0 Å². The van der Waals surface area contributed by atoms with Crippen molar-refractivity contribution in [3.05, 3.63) is 52.9 Å². The lowest BCUT2D eigenvalue weighted by atomic mass is 9.55. The van der Waals surface area contributed by atoms with E-state index in [1.165, 1.54) is 29.5 Å². The second kappa shape index (κ2) is 7.02. The predicted molar refractivity (Wildman–Crippen MR) is 115 cm³/mol. The zero-order valence-corrected chi connectivity index (χ0v) is 17.8. The van der Waals surface area contributed by atoms with E-state index in [4.69, 9.17) is 4.74 Å². The minimum Gasteiger partial charge on any atom is -0.494 e. The first-order valence-corrected chi connectivity index (χ1v) is 11.1. The third-order valence-electron chi connectivity index (χ3n) is 7.96. The smallest absolute Gasteiger partial charge is 0.119 e. The fraction of sp³-hybridized carbons (Fsp3) is 0.560. The van der Waals surface area contributed by atoms with Gasteiger partial charge in [-0.3, -0.25) is 4.68 Å². The number of aliphatic hydroxyl groups is 1. The first kappa shape index (κ1) is 18.9. The molecule has 0 bridgehead atoms. The molecule has 2 fully saturated rings. The van der Waals surface area contributed by atoms with Gasteiger partial charge in [-0.2, -0.15) is 5.10 Å². The number of hydrogen-bond donors (Lipinski definition) is 1. The van der Waals surface area contributed by atoms with Crippen molar-refractivity contribution in [3.63, 3.8) is 0 Å². The maximum Gasteiger partial charge on any atom is 0.119 e. The third-order valence-corrected chi connectivity index (χ3v) is 7.96. The van der Waals surface area contributed by atoms with Crippen LogP contribution < -0.4 is 4.74 Å². The highest BCUT2D eigenvalue weighted by Crippen LogP contribution is 2.62. The molecule has 1 heterocycles. The van der Waals surface area contributed by atoms with Gasteiger partial charge in [0.05, 0.1) is 18.9 Å². The summed E-state index contributed by atoms with van der Waals surface area (Å²) >= 11 is 0. The fourth-order valence-electron chi connectivity index (χ4n) is 6.54. The Morgan fingerprint density at radius 3 is 2.97 bits per heavy atom. The highest BCUT2D eigenvalue weighted by Gasteiger charge is 2.56. The Morgan fingerprint density at radius 2 is 2.21 bits per heavy atom. The van der Waals surface area contributed by atoms with Gasteiger partial charge in [-0.15, -0.1) is 0 Å². The molecular formula is C25H32N2O2. The lowest BCUT2D eigenvalue weighted by Crippen LogP contribution is -2.44. The molecule has 0 spiro atoms. The van der Waals surface area contributed by atoms with Crippen molar-refractivity contribution in [1.29, 1.82) is 0 Å². The van der Waals surface area contributed by atoms with E-state index < -0.39 is 0 Å². The van der Waals surface area contributed by atoms with Gasteiger partial charge in [0.15, 0.2) is 0 Å². The van der Waals surface area contributed by atoms with Crippen molar-refractivity contribution in [2.45, 2.75) is 58.0 Å². The molecule has 0 amide bonds. The monoisotopic (exact) mass is 392 g/mol. The predicted octanol–water partition coefficient (Wildman–Crippen LogP) is 4.73. The van der Waals surface area contributed by atoms with E-state index >= 15 is 0 Å². The van der Waals surface area contributed by atoms with Gasteiger partial charge >= 0.3 is 0 Å². The standard InChI is InChI=1S/C25H32N2O2/c1-4-29-19-6-8-20-17(12-19)5-7-22-21(20)9-10-25(2)23(22)13-18(24(25)28)11-16-14-26-27(3)15-16/h6,8,11-12,14-15,21-24,28H,4-5,7,9-10,13H2,1-3H3/b18-11+/t21-,22-,23+,24-,25+/m0/s1. The van der Waals surface area contributed by atoms with Gasteiger partial charge in [0.25, 0.3) is 0 Å². The number of ether oxygens (including phenoxy) is 1. The van der Waals surface area contributed by atoms with E-state index in [1.54, 1.807) is 0 Å². The van der Waals surface area contributed by atoms with Crippen molar-refractivity contribution in [2.24, 2.45) is 24.3 Å². The van der Waals surface area contributed by atoms with E-state index in [9.17, 15) is 5.11 Å². The molecule has 1 aromatic heterocycles. The van der Waals surface area contributed by atoms with Gasteiger partial charge in [0, 0.05) is 24.2 Å². The van der Waals surface area contributed by atoms with Gasteiger partial charge in [0.1, 0.15) is 5.75 Å². The minimum absolute atomic E-state index is 0.00201. The molecule has 0 aliphatic heterocycles. The second-order valence-electron chi connectivity index (χ2n) is 9.53. The van der Waals surface area contributed by atoms with Crippen LogP contribution in [0.1, 0.15) is 62.1 Å². The summed E-state index contributed by atoms with van der Waals surface area (Å²) in [6.45, 7) is 5.09. The molecule has 3 aliphatic carbocycles. The zero-order chi connectivity index (χ0) is 20.2. The Labute approximate surface area is 173 Å². The number of fused-ring (bicyclic) bond motifs is 5. The number of hydrogen-bond acceptors (Lipinski definition) is 3.